The van der Waals surface area contributed by atoms with Crippen molar-refractivity contribution in [3.8, 4) is 17.2 Å². The number of halogens is 3. The fourth-order valence-corrected chi connectivity index (χ4v) is 5.59. The van der Waals surface area contributed by atoms with Crippen LogP contribution in [0.5, 0.6) is 17.2 Å². The molecule has 0 atom stereocenters. The van der Waals surface area contributed by atoms with Gasteiger partial charge in [0.15, 0.2) is 0 Å². The summed E-state index contributed by atoms with van der Waals surface area (Å²) < 4.78 is 16.3. The third-order valence-electron chi connectivity index (χ3n) is 6.88. The number of carbonyl (C=O) groups is 2. The number of ether oxygens (including phenoxy) is 3. The summed E-state index contributed by atoms with van der Waals surface area (Å²) in [5.41, 5.74) is 2.55. The maximum absolute atomic E-state index is 14.4. The van der Waals surface area contributed by atoms with Crippen molar-refractivity contribution in [2.24, 2.45) is 0 Å². The predicted octanol–water partition coefficient (Wildman–Crippen LogP) is 7.48. The molecule has 2 heterocycles. The highest BCUT2D eigenvalue weighted by Crippen LogP contribution is 2.48. The first-order chi connectivity index (χ1) is 21.7. The Balaban J connectivity index is 1.60. The van der Waals surface area contributed by atoms with Gasteiger partial charge in [-0.15, -0.1) is 0 Å². The maximum atomic E-state index is 14.4. The number of methoxy groups -OCH3 is 3. The van der Waals surface area contributed by atoms with Gasteiger partial charge in [-0.3, -0.25) is 14.6 Å². The molecule has 0 fully saturated rings. The second-order valence-corrected chi connectivity index (χ2v) is 10.8. The van der Waals surface area contributed by atoms with Gasteiger partial charge in [-0.1, -0.05) is 59.6 Å². The van der Waals surface area contributed by atoms with Crippen molar-refractivity contribution < 1.29 is 23.8 Å². The number of rotatable bonds is 10. The molecule has 4 aromatic rings. The Bertz CT molecular complexity index is 1780. The third-order valence-corrected chi connectivity index (χ3v) is 7.92. The summed E-state index contributed by atoms with van der Waals surface area (Å²) in [6.07, 6.45) is 2.77. The van der Waals surface area contributed by atoms with E-state index in [0.29, 0.717) is 39.1 Å². The van der Waals surface area contributed by atoms with Gasteiger partial charge in [-0.05, 0) is 35.9 Å². The van der Waals surface area contributed by atoms with E-state index < -0.39 is 6.03 Å². The first kappa shape index (κ1) is 31.7. The predicted molar refractivity (Wildman–Crippen MR) is 176 cm³/mol. The zero-order chi connectivity index (χ0) is 32.2. The Hall–Kier alpha value is -4.71. The minimum Gasteiger partial charge on any atom is -0.495 e. The van der Waals surface area contributed by atoms with Gasteiger partial charge in [0.25, 0.3) is 0 Å². The molecule has 3 amide bonds. The molecule has 11 nitrogen and oxygen atoms in total. The number of amides is 3. The van der Waals surface area contributed by atoms with Crippen LogP contribution in [0.1, 0.15) is 11.1 Å². The first-order valence-corrected chi connectivity index (χ1v) is 14.5. The van der Waals surface area contributed by atoms with Crippen LogP contribution in [-0.2, 0) is 17.9 Å². The molecule has 2 N–H and O–H groups in total. The minimum atomic E-state index is -0.473. The molecule has 1 aliphatic rings. The van der Waals surface area contributed by atoms with Gasteiger partial charge in [0.05, 0.1) is 56.5 Å². The van der Waals surface area contributed by atoms with E-state index in [9.17, 15) is 9.59 Å². The smallest absolute Gasteiger partial charge is 0.330 e. The van der Waals surface area contributed by atoms with Gasteiger partial charge in [0, 0.05) is 17.8 Å². The minimum absolute atomic E-state index is 0.0383. The first-order valence-electron chi connectivity index (χ1n) is 13.4. The molecule has 1 aromatic heterocycles. The van der Waals surface area contributed by atoms with Gasteiger partial charge in [0.1, 0.15) is 33.1 Å². The van der Waals surface area contributed by atoms with E-state index in [1.165, 1.54) is 37.2 Å². The number of carbonyl (C=O) groups excluding carboxylic acids is 2. The van der Waals surface area contributed by atoms with Gasteiger partial charge in [0.2, 0.25) is 11.9 Å². The number of hydrogen-bond acceptors (Lipinski definition) is 8. The van der Waals surface area contributed by atoms with E-state index in [1.54, 1.807) is 54.7 Å². The van der Waals surface area contributed by atoms with E-state index in [1.807, 2.05) is 0 Å². The topological polar surface area (TPSA) is 118 Å². The molecule has 0 radical (unpaired) electrons. The van der Waals surface area contributed by atoms with Crippen LogP contribution in [0.3, 0.4) is 0 Å². The zero-order valence-electron chi connectivity index (χ0n) is 24.4. The number of para-hydroxylation sites is 2. The van der Waals surface area contributed by atoms with Crippen molar-refractivity contribution in [1.29, 1.82) is 0 Å². The Morgan fingerprint density at radius 3 is 2.29 bits per heavy atom. The fraction of sp³-hybridized carbons (Fsp3) is 0.161. The van der Waals surface area contributed by atoms with Crippen molar-refractivity contribution in [2.75, 3.05) is 41.8 Å². The average Bonchev–Trinajstić information content (AvgIpc) is 3.04. The molecular weight excluding hydrogens is 643 g/mol. The van der Waals surface area contributed by atoms with Gasteiger partial charge >= 0.3 is 6.03 Å². The number of anilines is 5. The molecule has 0 aliphatic carbocycles. The SMILES string of the molecule is C=CC(=O)Nc1ccccc1Nc1ncc2c(n1)N(Cc1ccc(Cl)c(OC)c1)C(=O)N(c1c(Cl)c(OC)cc(OC)c1Cl)C2. The van der Waals surface area contributed by atoms with Crippen LogP contribution in [0, 0.1) is 0 Å². The third kappa shape index (κ3) is 6.41. The molecule has 0 unspecified atom stereocenters. The van der Waals surface area contributed by atoms with Crippen LogP contribution in [0.25, 0.3) is 0 Å². The summed E-state index contributed by atoms with van der Waals surface area (Å²) in [6, 6.07) is 13.3. The Morgan fingerprint density at radius 1 is 0.978 bits per heavy atom. The van der Waals surface area contributed by atoms with Crippen LogP contribution in [-0.4, -0.2) is 43.2 Å². The van der Waals surface area contributed by atoms with Crippen LogP contribution < -0.4 is 34.6 Å². The lowest BCUT2D eigenvalue weighted by atomic mass is 10.1. The summed E-state index contributed by atoms with van der Waals surface area (Å²) in [7, 11) is 4.42. The molecule has 5 rings (SSSR count). The normalized spacial score (nSPS) is 12.4. The van der Waals surface area contributed by atoms with E-state index in [0.717, 1.165) is 0 Å². The number of aromatic nitrogens is 2. The van der Waals surface area contributed by atoms with Crippen LogP contribution >= 0.6 is 34.8 Å². The number of fused-ring (bicyclic) bond motifs is 1. The van der Waals surface area contributed by atoms with Crippen molar-refractivity contribution in [2.45, 2.75) is 13.1 Å². The van der Waals surface area contributed by atoms with Crippen molar-refractivity contribution >= 4 is 75.6 Å². The number of nitrogens with zero attached hydrogens (tertiary/aromatic N) is 4. The molecule has 0 saturated heterocycles. The van der Waals surface area contributed by atoms with Crippen LogP contribution in [0.2, 0.25) is 15.1 Å². The summed E-state index contributed by atoms with van der Waals surface area (Å²) in [6.45, 7) is 3.61. The average molecular weight is 670 g/mol. The number of urea groups is 1. The molecular formula is C31H27Cl3N6O5. The second-order valence-electron chi connectivity index (χ2n) is 9.59. The number of nitrogens with one attached hydrogen (secondary N) is 2. The highest BCUT2D eigenvalue weighted by atomic mass is 35.5. The lowest BCUT2D eigenvalue weighted by Gasteiger charge is -2.37. The van der Waals surface area contributed by atoms with Gasteiger partial charge < -0.3 is 24.8 Å². The molecule has 232 valence electrons. The molecule has 1 aliphatic heterocycles. The number of hydrogen-bond donors (Lipinski definition) is 2. The summed E-state index contributed by atoms with van der Waals surface area (Å²) in [5, 5.41) is 6.56. The molecule has 14 heteroatoms. The summed E-state index contributed by atoms with van der Waals surface area (Å²) in [4.78, 5) is 38.5. The van der Waals surface area contributed by atoms with Crippen LogP contribution in [0.15, 0.2) is 67.4 Å². The van der Waals surface area contributed by atoms with Crippen molar-refractivity contribution in [3.05, 3.63) is 93.6 Å². The van der Waals surface area contributed by atoms with Crippen molar-refractivity contribution in [3.63, 3.8) is 0 Å². The molecule has 45 heavy (non-hydrogen) atoms. The molecule has 0 bridgehead atoms. The number of benzene rings is 3. The lowest BCUT2D eigenvalue weighted by Crippen LogP contribution is -2.48. The quantitative estimate of drug-likeness (QED) is 0.167. The summed E-state index contributed by atoms with van der Waals surface area (Å²) >= 11 is 19.7. The van der Waals surface area contributed by atoms with Crippen molar-refractivity contribution in [1.82, 2.24) is 9.97 Å². The monoisotopic (exact) mass is 668 g/mol. The van der Waals surface area contributed by atoms with Crippen LogP contribution in [0.4, 0.5) is 33.6 Å². The Labute approximate surface area is 274 Å². The Morgan fingerprint density at radius 2 is 1.64 bits per heavy atom. The summed E-state index contributed by atoms with van der Waals surface area (Å²) in [5.74, 6) is 1.16. The van der Waals surface area contributed by atoms with Gasteiger partial charge in [-0.2, -0.15) is 4.98 Å². The molecule has 0 saturated carbocycles. The second kappa shape index (κ2) is 13.5. The van der Waals surface area contributed by atoms with E-state index in [-0.39, 0.29) is 52.2 Å². The van der Waals surface area contributed by atoms with E-state index >= 15 is 0 Å². The molecule has 3 aromatic carbocycles. The lowest BCUT2D eigenvalue weighted by molar-refractivity contribution is -0.111. The maximum Gasteiger partial charge on any atom is 0.330 e. The standard InChI is InChI=1S/C31H27Cl3N6O5/c1-5-25(41)36-20-8-6-7-9-21(20)37-30-35-14-18-16-39(28-26(33)23(44-3)13-24(45-4)27(28)34)31(42)40(29(18)38-30)15-17-10-11-19(32)22(12-17)43-2/h5-14H,1,15-16H2,2-4H3,(H,36,41)(H,35,37,38). The Kier molecular flexibility index (Phi) is 9.52. The highest BCUT2D eigenvalue weighted by Gasteiger charge is 2.37. The zero-order valence-corrected chi connectivity index (χ0v) is 26.6. The largest absolute Gasteiger partial charge is 0.495 e. The van der Waals surface area contributed by atoms with E-state index in [2.05, 4.69) is 22.2 Å². The van der Waals surface area contributed by atoms with E-state index in [4.69, 9.17) is 54.0 Å². The molecule has 0 spiro atoms. The fourth-order valence-electron chi connectivity index (χ4n) is 4.69. The highest BCUT2D eigenvalue weighted by molar-refractivity contribution is 6.42. The van der Waals surface area contributed by atoms with Gasteiger partial charge in [-0.25, -0.2) is 9.78 Å².